The Morgan fingerprint density at radius 2 is 2.57 bits per heavy atom. The van der Waals surface area contributed by atoms with E-state index in [9.17, 15) is 4.79 Å². The lowest BCUT2D eigenvalue weighted by Gasteiger charge is -1.88. The van der Waals surface area contributed by atoms with Crippen LogP contribution in [0, 0.1) is 5.53 Å². The molecule has 0 heterocycles. The van der Waals surface area contributed by atoms with Crippen molar-refractivity contribution in [3.63, 3.8) is 0 Å². The van der Waals surface area contributed by atoms with Gasteiger partial charge in [-0.05, 0) is 0 Å². The average molecular weight is 102 g/mol. The Labute approximate surface area is 40.4 Å². The van der Waals surface area contributed by atoms with Crippen molar-refractivity contribution in [3.05, 3.63) is 0 Å². The van der Waals surface area contributed by atoms with E-state index in [0.717, 1.165) is 0 Å². The molecule has 0 fully saturated rings. The average Bonchev–Trinajstić information content (AvgIpc) is 1.61. The zero-order chi connectivity index (χ0) is 5.70. The summed E-state index contributed by atoms with van der Waals surface area (Å²) in [6.07, 6.45) is 0. The number of rotatable bonds is 2. The lowest BCUT2D eigenvalue weighted by atomic mass is 11.0. The van der Waals surface area contributed by atoms with E-state index in [0.29, 0.717) is 0 Å². The summed E-state index contributed by atoms with van der Waals surface area (Å²) in [6, 6.07) is -0.656. The molecule has 0 aliphatic carbocycles. The molecule has 7 heavy (non-hydrogen) atoms. The van der Waals surface area contributed by atoms with Crippen molar-refractivity contribution in [2.75, 3.05) is 6.67 Å². The number of carbonyl (C=O) groups is 1. The smallest absolute Gasteiger partial charge is 0.313 e. The van der Waals surface area contributed by atoms with Gasteiger partial charge in [0.05, 0.1) is 0 Å². The molecule has 2 amide bonds. The van der Waals surface area contributed by atoms with Gasteiger partial charge in [0, 0.05) is 0 Å². The van der Waals surface area contributed by atoms with Gasteiger partial charge in [0.15, 0.2) is 0 Å². The first-order valence-electron chi connectivity index (χ1n) is 1.64. The van der Waals surface area contributed by atoms with Crippen molar-refractivity contribution < 1.29 is 4.79 Å². The van der Waals surface area contributed by atoms with Crippen LogP contribution in [0.3, 0.4) is 0 Å². The Kier molecular flexibility index (Phi) is 2.58. The molecule has 5 heteroatoms. The fourth-order valence-electron chi connectivity index (χ4n) is 0.117. The van der Waals surface area contributed by atoms with Crippen molar-refractivity contribution in [1.82, 2.24) is 5.32 Å². The summed E-state index contributed by atoms with van der Waals surface area (Å²) in [6.45, 7) is -0.0324. The van der Waals surface area contributed by atoms with E-state index in [1.807, 2.05) is 0 Å². The molecule has 0 unspecified atom stereocenters. The number of carbonyl (C=O) groups excluding carboxylic acids is 1. The Hall–Kier alpha value is -1.13. The third-order valence-corrected chi connectivity index (χ3v) is 0.332. The van der Waals surface area contributed by atoms with Gasteiger partial charge in [-0.15, -0.1) is 0 Å². The summed E-state index contributed by atoms with van der Waals surface area (Å²) in [5.74, 6) is 0. The van der Waals surface area contributed by atoms with Crippen LogP contribution in [0.15, 0.2) is 5.11 Å². The van der Waals surface area contributed by atoms with Crippen molar-refractivity contribution in [1.29, 1.82) is 5.53 Å². The second-order valence-electron chi connectivity index (χ2n) is 0.857. The first-order valence-corrected chi connectivity index (χ1v) is 1.64. The number of primary amides is 1. The molecule has 0 saturated heterocycles. The number of amides is 2. The topological polar surface area (TPSA) is 91.3 Å². The number of hydrogen-bond acceptors (Lipinski definition) is 3. The van der Waals surface area contributed by atoms with E-state index in [4.69, 9.17) is 5.53 Å². The fraction of sp³-hybridized carbons (Fsp3) is 0.500. The Morgan fingerprint density at radius 1 is 2.00 bits per heavy atom. The van der Waals surface area contributed by atoms with Gasteiger partial charge in [-0.2, -0.15) is 5.11 Å². The van der Waals surface area contributed by atoms with E-state index in [2.05, 4.69) is 16.2 Å². The monoisotopic (exact) mass is 102 g/mol. The Bertz CT molecular complexity index is 79.8. The van der Waals surface area contributed by atoms with Crippen LogP contribution in [-0.2, 0) is 0 Å². The van der Waals surface area contributed by atoms with Crippen LogP contribution in [0.5, 0.6) is 0 Å². The van der Waals surface area contributed by atoms with Crippen LogP contribution in [0.25, 0.3) is 0 Å². The molecule has 4 N–H and O–H groups in total. The summed E-state index contributed by atoms with van der Waals surface area (Å²) >= 11 is 0. The molecular formula is C2H6N4O. The molecule has 0 rings (SSSR count). The Morgan fingerprint density at radius 3 is 2.71 bits per heavy atom. The summed E-state index contributed by atoms with van der Waals surface area (Å²) in [4.78, 5) is 9.73. The first kappa shape index (κ1) is 5.87. The lowest BCUT2D eigenvalue weighted by molar-refractivity contribution is 0.249. The van der Waals surface area contributed by atoms with Crippen LogP contribution in [0.4, 0.5) is 4.79 Å². The highest BCUT2D eigenvalue weighted by molar-refractivity contribution is 5.71. The van der Waals surface area contributed by atoms with Gasteiger partial charge in [-0.1, -0.05) is 0 Å². The molecule has 0 saturated carbocycles. The maximum Gasteiger partial charge on any atom is 0.313 e. The number of nitrogens with zero attached hydrogens (tertiary/aromatic N) is 1. The lowest BCUT2D eigenvalue weighted by Crippen LogP contribution is -2.28. The third-order valence-electron chi connectivity index (χ3n) is 0.332. The normalized spacial score (nSPS) is 7.43. The number of nitrogens with two attached hydrogens (primary N) is 1. The van der Waals surface area contributed by atoms with Gasteiger partial charge in [-0.25, -0.2) is 10.3 Å². The van der Waals surface area contributed by atoms with Crippen molar-refractivity contribution >= 4 is 6.03 Å². The maximum atomic E-state index is 9.73. The van der Waals surface area contributed by atoms with Gasteiger partial charge >= 0.3 is 6.03 Å². The minimum Gasteiger partial charge on any atom is -0.352 e. The van der Waals surface area contributed by atoms with Crippen molar-refractivity contribution in [2.45, 2.75) is 0 Å². The number of nitrogens with one attached hydrogen (secondary N) is 2. The second-order valence-corrected chi connectivity index (χ2v) is 0.857. The molecular weight excluding hydrogens is 96.0 g/mol. The predicted octanol–water partition coefficient (Wildman–Crippen LogP) is -0.357. The third kappa shape index (κ3) is 4.87. The van der Waals surface area contributed by atoms with Crippen LogP contribution < -0.4 is 11.1 Å². The Balaban J connectivity index is 2.97. The molecule has 0 atom stereocenters. The van der Waals surface area contributed by atoms with E-state index in [1.54, 1.807) is 0 Å². The minimum absolute atomic E-state index is 0.0324. The maximum absolute atomic E-state index is 9.73. The van der Waals surface area contributed by atoms with Crippen molar-refractivity contribution in [3.8, 4) is 0 Å². The van der Waals surface area contributed by atoms with Crippen LogP contribution in [-0.4, -0.2) is 12.7 Å². The molecule has 0 spiro atoms. The molecule has 0 aromatic rings. The highest BCUT2D eigenvalue weighted by Crippen LogP contribution is 1.56. The number of urea groups is 1. The second kappa shape index (κ2) is 3.08. The van der Waals surface area contributed by atoms with Crippen LogP contribution in [0.2, 0.25) is 0 Å². The quantitative estimate of drug-likeness (QED) is 0.408. The molecule has 0 bridgehead atoms. The molecule has 5 nitrogen and oxygen atoms in total. The SMILES string of the molecule is N=NCNC(N)=O. The molecule has 40 valence electrons. The standard InChI is InChI=1S/C2H6N4O/c3-2(7)5-1-6-4/h4H,1H2,(H3,3,5,7). The summed E-state index contributed by atoms with van der Waals surface area (Å²) in [5.41, 5.74) is 10.7. The highest BCUT2D eigenvalue weighted by Gasteiger charge is 1.82. The van der Waals surface area contributed by atoms with Gasteiger partial charge < -0.3 is 11.1 Å². The summed E-state index contributed by atoms with van der Waals surface area (Å²) in [7, 11) is 0. The molecule has 0 aliphatic heterocycles. The zero-order valence-electron chi connectivity index (χ0n) is 3.64. The van der Waals surface area contributed by atoms with Gasteiger partial charge in [-0.3, -0.25) is 0 Å². The van der Waals surface area contributed by atoms with Crippen LogP contribution >= 0.6 is 0 Å². The largest absolute Gasteiger partial charge is 0.352 e. The predicted molar refractivity (Wildman–Crippen MR) is 22.7 cm³/mol. The van der Waals surface area contributed by atoms with Crippen LogP contribution in [0.1, 0.15) is 0 Å². The molecule has 0 aromatic heterocycles. The van der Waals surface area contributed by atoms with E-state index in [-0.39, 0.29) is 6.67 Å². The van der Waals surface area contributed by atoms with Crippen molar-refractivity contribution in [2.24, 2.45) is 10.8 Å². The fourth-order valence-corrected chi connectivity index (χ4v) is 0.117. The minimum atomic E-state index is -0.656. The van der Waals surface area contributed by atoms with E-state index >= 15 is 0 Å². The van der Waals surface area contributed by atoms with E-state index < -0.39 is 6.03 Å². The molecule has 0 radical (unpaired) electrons. The van der Waals surface area contributed by atoms with Gasteiger partial charge in [0.1, 0.15) is 6.67 Å². The van der Waals surface area contributed by atoms with Gasteiger partial charge in [0.2, 0.25) is 0 Å². The molecule has 0 aromatic carbocycles. The van der Waals surface area contributed by atoms with Gasteiger partial charge in [0.25, 0.3) is 0 Å². The molecule has 0 aliphatic rings. The number of hydrogen-bond donors (Lipinski definition) is 3. The first-order chi connectivity index (χ1) is 3.27. The van der Waals surface area contributed by atoms with E-state index in [1.165, 1.54) is 0 Å². The highest BCUT2D eigenvalue weighted by atomic mass is 16.2. The zero-order valence-corrected chi connectivity index (χ0v) is 3.64. The summed E-state index contributed by atoms with van der Waals surface area (Å²) in [5, 5.41) is 4.89. The summed E-state index contributed by atoms with van der Waals surface area (Å²) < 4.78 is 0.